The highest BCUT2D eigenvalue weighted by molar-refractivity contribution is 5.77. The predicted molar refractivity (Wildman–Crippen MR) is 42.1 cm³/mol. The van der Waals surface area contributed by atoms with Crippen LogP contribution < -0.4 is 0 Å². The van der Waals surface area contributed by atoms with Crippen molar-refractivity contribution in [1.82, 2.24) is 9.78 Å². The fraction of sp³-hybridized carbons (Fsp3) is 0.500. The van der Waals surface area contributed by atoms with Gasteiger partial charge in [-0.25, -0.2) is 0 Å². The zero-order chi connectivity index (χ0) is 8.27. The van der Waals surface area contributed by atoms with E-state index in [1.54, 1.807) is 17.8 Å². The number of Topliss-reactive ketones (excluding diaryl/α,β-unsaturated/α-hetero) is 1. The lowest BCUT2D eigenvalue weighted by atomic mass is 10.1. The van der Waals surface area contributed by atoms with Crippen molar-refractivity contribution < 1.29 is 4.79 Å². The molecule has 1 rings (SSSR count). The third kappa shape index (κ3) is 2.18. The van der Waals surface area contributed by atoms with Crippen LogP contribution in [0.3, 0.4) is 0 Å². The summed E-state index contributed by atoms with van der Waals surface area (Å²) >= 11 is 0. The van der Waals surface area contributed by atoms with Crippen LogP contribution in [0, 0.1) is 5.92 Å². The molecule has 0 aliphatic carbocycles. The zero-order valence-corrected chi connectivity index (χ0v) is 6.82. The van der Waals surface area contributed by atoms with Crippen molar-refractivity contribution in [3.63, 3.8) is 0 Å². The molecule has 1 aromatic heterocycles. The monoisotopic (exact) mass is 152 g/mol. The second kappa shape index (κ2) is 3.32. The summed E-state index contributed by atoms with van der Waals surface area (Å²) in [7, 11) is 0. The second-order valence-corrected chi connectivity index (χ2v) is 2.74. The summed E-state index contributed by atoms with van der Waals surface area (Å²) in [5, 5.41) is 4.00. The van der Waals surface area contributed by atoms with Crippen LogP contribution in [0.5, 0.6) is 0 Å². The van der Waals surface area contributed by atoms with E-state index in [1.807, 2.05) is 19.2 Å². The van der Waals surface area contributed by atoms with Gasteiger partial charge in [0, 0.05) is 18.3 Å². The van der Waals surface area contributed by atoms with Crippen LogP contribution in [0.25, 0.3) is 0 Å². The molecule has 0 aliphatic rings. The Kier molecular flexibility index (Phi) is 2.41. The third-order valence-corrected chi connectivity index (χ3v) is 1.71. The number of hydrogen-bond acceptors (Lipinski definition) is 2. The van der Waals surface area contributed by atoms with E-state index in [-0.39, 0.29) is 11.7 Å². The number of rotatable bonds is 3. The Morgan fingerprint density at radius 3 is 2.91 bits per heavy atom. The Balaban J connectivity index is 2.50. The molecule has 0 saturated heterocycles. The molecular formula is C8H12N2O. The summed E-state index contributed by atoms with van der Waals surface area (Å²) in [5.74, 6) is 0.274. The van der Waals surface area contributed by atoms with Crippen LogP contribution in [0.2, 0.25) is 0 Å². The Bertz CT molecular complexity index is 228. The van der Waals surface area contributed by atoms with E-state index >= 15 is 0 Å². The van der Waals surface area contributed by atoms with Gasteiger partial charge in [0.2, 0.25) is 0 Å². The van der Waals surface area contributed by atoms with E-state index in [0.717, 1.165) is 0 Å². The lowest BCUT2D eigenvalue weighted by Gasteiger charge is -2.06. The molecule has 3 nitrogen and oxygen atoms in total. The molecular weight excluding hydrogens is 140 g/mol. The molecule has 11 heavy (non-hydrogen) atoms. The van der Waals surface area contributed by atoms with Crippen molar-refractivity contribution in [2.45, 2.75) is 20.4 Å². The predicted octanol–water partition coefficient (Wildman–Crippen LogP) is 1.11. The summed E-state index contributed by atoms with van der Waals surface area (Å²) in [4.78, 5) is 10.8. The van der Waals surface area contributed by atoms with Crippen LogP contribution in [0.4, 0.5) is 0 Å². The number of nitrogens with zero attached hydrogens (tertiary/aromatic N) is 2. The summed E-state index contributed by atoms with van der Waals surface area (Å²) in [6.07, 6.45) is 3.58. The summed E-state index contributed by atoms with van der Waals surface area (Å²) in [6, 6.07) is 1.85. The maximum Gasteiger partial charge on any atom is 0.134 e. The Morgan fingerprint density at radius 1 is 1.73 bits per heavy atom. The molecule has 0 aromatic carbocycles. The largest absolute Gasteiger partial charge is 0.300 e. The van der Waals surface area contributed by atoms with Crippen molar-refractivity contribution in [2.24, 2.45) is 5.92 Å². The van der Waals surface area contributed by atoms with Gasteiger partial charge < -0.3 is 0 Å². The quantitative estimate of drug-likeness (QED) is 0.650. The highest BCUT2D eigenvalue weighted by Crippen LogP contribution is 1.99. The van der Waals surface area contributed by atoms with Gasteiger partial charge in [0.25, 0.3) is 0 Å². The van der Waals surface area contributed by atoms with Crippen molar-refractivity contribution in [2.75, 3.05) is 0 Å². The van der Waals surface area contributed by atoms with Gasteiger partial charge in [0.05, 0.1) is 6.54 Å². The fourth-order valence-corrected chi connectivity index (χ4v) is 0.818. The van der Waals surface area contributed by atoms with Gasteiger partial charge in [-0.1, -0.05) is 6.92 Å². The first kappa shape index (κ1) is 7.98. The lowest BCUT2D eigenvalue weighted by molar-refractivity contribution is -0.120. The fourth-order valence-electron chi connectivity index (χ4n) is 0.818. The molecule has 0 aliphatic heterocycles. The first-order valence-electron chi connectivity index (χ1n) is 3.68. The molecule has 1 unspecified atom stereocenters. The Morgan fingerprint density at radius 2 is 2.45 bits per heavy atom. The molecule has 1 atom stereocenters. The molecule has 3 heteroatoms. The number of ketones is 1. The highest BCUT2D eigenvalue weighted by Gasteiger charge is 2.07. The first-order valence-corrected chi connectivity index (χ1v) is 3.68. The highest BCUT2D eigenvalue weighted by atomic mass is 16.1. The molecule has 0 spiro atoms. The summed E-state index contributed by atoms with van der Waals surface area (Å²) in [6.45, 7) is 4.19. The minimum atomic E-state index is 0.0647. The molecule has 0 N–H and O–H groups in total. The first-order chi connectivity index (χ1) is 5.20. The molecule has 60 valence electrons. The SMILES string of the molecule is CC(=O)C(C)Cn1cccn1. The molecule has 0 amide bonds. The topological polar surface area (TPSA) is 34.9 Å². The lowest BCUT2D eigenvalue weighted by Crippen LogP contribution is -2.14. The van der Waals surface area contributed by atoms with E-state index < -0.39 is 0 Å². The average molecular weight is 152 g/mol. The van der Waals surface area contributed by atoms with E-state index in [1.165, 1.54) is 0 Å². The molecule has 1 aromatic rings. The normalized spacial score (nSPS) is 12.9. The summed E-state index contributed by atoms with van der Waals surface area (Å²) < 4.78 is 1.77. The van der Waals surface area contributed by atoms with Gasteiger partial charge >= 0.3 is 0 Å². The van der Waals surface area contributed by atoms with Gasteiger partial charge in [0.15, 0.2) is 0 Å². The van der Waals surface area contributed by atoms with Gasteiger partial charge in [-0.05, 0) is 13.0 Å². The van der Waals surface area contributed by atoms with Crippen LogP contribution in [0.15, 0.2) is 18.5 Å². The minimum Gasteiger partial charge on any atom is -0.300 e. The van der Waals surface area contributed by atoms with E-state index in [0.29, 0.717) is 6.54 Å². The van der Waals surface area contributed by atoms with E-state index in [9.17, 15) is 4.79 Å². The van der Waals surface area contributed by atoms with E-state index in [4.69, 9.17) is 0 Å². The van der Waals surface area contributed by atoms with Crippen LogP contribution in [-0.2, 0) is 11.3 Å². The Hall–Kier alpha value is -1.12. The summed E-state index contributed by atoms with van der Waals surface area (Å²) in [5.41, 5.74) is 0. The Labute approximate surface area is 66.0 Å². The van der Waals surface area contributed by atoms with Crippen molar-refractivity contribution in [1.29, 1.82) is 0 Å². The zero-order valence-electron chi connectivity index (χ0n) is 6.82. The standard InChI is InChI=1S/C8H12N2O/c1-7(8(2)11)6-10-5-3-4-9-10/h3-5,7H,6H2,1-2H3. The van der Waals surface area contributed by atoms with Crippen molar-refractivity contribution in [3.8, 4) is 0 Å². The van der Waals surface area contributed by atoms with Crippen LogP contribution >= 0.6 is 0 Å². The number of aromatic nitrogens is 2. The molecule has 0 bridgehead atoms. The van der Waals surface area contributed by atoms with Crippen LogP contribution in [-0.4, -0.2) is 15.6 Å². The molecule has 0 radical (unpaired) electrons. The third-order valence-electron chi connectivity index (χ3n) is 1.71. The number of carbonyl (C=O) groups excluding carboxylic acids is 1. The molecule has 1 heterocycles. The van der Waals surface area contributed by atoms with Gasteiger partial charge in [-0.2, -0.15) is 5.10 Å². The van der Waals surface area contributed by atoms with Crippen molar-refractivity contribution >= 4 is 5.78 Å². The number of carbonyl (C=O) groups is 1. The van der Waals surface area contributed by atoms with Gasteiger partial charge in [-0.15, -0.1) is 0 Å². The average Bonchev–Trinajstić information content (AvgIpc) is 2.39. The minimum absolute atomic E-state index is 0.0647. The van der Waals surface area contributed by atoms with Gasteiger partial charge in [-0.3, -0.25) is 9.48 Å². The molecule has 0 saturated carbocycles. The number of hydrogen-bond donors (Lipinski definition) is 0. The van der Waals surface area contributed by atoms with E-state index in [2.05, 4.69) is 5.10 Å². The maximum atomic E-state index is 10.8. The van der Waals surface area contributed by atoms with Gasteiger partial charge in [0.1, 0.15) is 5.78 Å². The van der Waals surface area contributed by atoms with Crippen LogP contribution in [0.1, 0.15) is 13.8 Å². The smallest absolute Gasteiger partial charge is 0.134 e. The van der Waals surface area contributed by atoms with Crippen molar-refractivity contribution in [3.05, 3.63) is 18.5 Å². The maximum absolute atomic E-state index is 10.8. The second-order valence-electron chi connectivity index (χ2n) is 2.74. The molecule has 0 fully saturated rings.